The SMILES string of the molecule is CC1CCC(NC(C)CC(N)=O)C(C)C1. The highest BCUT2D eigenvalue weighted by Gasteiger charge is 2.26. The molecule has 3 N–H and O–H groups in total. The number of rotatable bonds is 4. The third-order valence-electron chi connectivity index (χ3n) is 3.44. The van der Waals surface area contributed by atoms with Crippen LogP contribution in [0.5, 0.6) is 0 Å². The van der Waals surface area contributed by atoms with E-state index < -0.39 is 0 Å². The Morgan fingerprint density at radius 3 is 2.67 bits per heavy atom. The minimum absolute atomic E-state index is 0.211. The van der Waals surface area contributed by atoms with Crippen molar-refractivity contribution in [3.05, 3.63) is 0 Å². The summed E-state index contributed by atoms with van der Waals surface area (Å²) in [5.74, 6) is 1.35. The highest BCUT2D eigenvalue weighted by molar-refractivity contribution is 5.74. The van der Waals surface area contributed by atoms with Crippen molar-refractivity contribution >= 4 is 5.91 Å². The molecule has 1 amide bonds. The highest BCUT2D eigenvalue weighted by atomic mass is 16.1. The molecule has 0 bridgehead atoms. The number of hydrogen-bond acceptors (Lipinski definition) is 2. The molecule has 1 rings (SSSR count). The average Bonchev–Trinajstić information content (AvgIpc) is 2.08. The molecule has 4 atom stereocenters. The van der Waals surface area contributed by atoms with Crippen LogP contribution in [-0.4, -0.2) is 18.0 Å². The van der Waals surface area contributed by atoms with Crippen molar-refractivity contribution in [3.63, 3.8) is 0 Å². The molecule has 3 nitrogen and oxygen atoms in total. The standard InChI is InChI=1S/C12H24N2O/c1-8-4-5-11(9(2)6-8)14-10(3)7-12(13)15/h8-11,14H,4-7H2,1-3H3,(H2,13,15). The van der Waals surface area contributed by atoms with Gasteiger partial charge < -0.3 is 11.1 Å². The van der Waals surface area contributed by atoms with Crippen molar-refractivity contribution in [2.45, 2.75) is 58.5 Å². The number of carbonyl (C=O) groups excluding carboxylic acids is 1. The fourth-order valence-electron chi connectivity index (χ4n) is 2.64. The van der Waals surface area contributed by atoms with E-state index in [4.69, 9.17) is 5.73 Å². The zero-order chi connectivity index (χ0) is 11.4. The molecule has 4 unspecified atom stereocenters. The lowest BCUT2D eigenvalue weighted by Gasteiger charge is -2.35. The van der Waals surface area contributed by atoms with Crippen molar-refractivity contribution in [1.29, 1.82) is 0 Å². The first-order chi connectivity index (χ1) is 6.99. The Morgan fingerprint density at radius 1 is 1.47 bits per heavy atom. The van der Waals surface area contributed by atoms with Gasteiger partial charge >= 0.3 is 0 Å². The molecule has 0 aliphatic heterocycles. The van der Waals surface area contributed by atoms with Gasteiger partial charge in [-0.2, -0.15) is 0 Å². The van der Waals surface area contributed by atoms with Gasteiger partial charge in [0.05, 0.1) is 0 Å². The summed E-state index contributed by atoms with van der Waals surface area (Å²) in [6.07, 6.45) is 4.26. The van der Waals surface area contributed by atoms with E-state index in [1.54, 1.807) is 0 Å². The smallest absolute Gasteiger partial charge is 0.218 e. The number of primary amides is 1. The lowest BCUT2D eigenvalue weighted by atomic mass is 9.79. The van der Waals surface area contributed by atoms with Crippen LogP contribution in [0.1, 0.15) is 46.5 Å². The van der Waals surface area contributed by atoms with Crippen LogP contribution >= 0.6 is 0 Å². The van der Waals surface area contributed by atoms with Crippen LogP contribution < -0.4 is 11.1 Å². The van der Waals surface area contributed by atoms with E-state index in [0.717, 1.165) is 5.92 Å². The zero-order valence-corrected chi connectivity index (χ0v) is 10.1. The Labute approximate surface area is 92.8 Å². The maximum Gasteiger partial charge on any atom is 0.218 e. The Morgan fingerprint density at radius 2 is 2.13 bits per heavy atom. The van der Waals surface area contributed by atoms with E-state index in [-0.39, 0.29) is 11.9 Å². The second-order valence-corrected chi connectivity index (χ2v) is 5.24. The van der Waals surface area contributed by atoms with Crippen molar-refractivity contribution in [2.75, 3.05) is 0 Å². The maximum absolute atomic E-state index is 10.8. The molecule has 0 spiro atoms. The maximum atomic E-state index is 10.8. The summed E-state index contributed by atoms with van der Waals surface area (Å²) in [4.78, 5) is 10.8. The largest absolute Gasteiger partial charge is 0.370 e. The molecule has 88 valence electrons. The Hall–Kier alpha value is -0.570. The quantitative estimate of drug-likeness (QED) is 0.744. The summed E-state index contributed by atoms with van der Waals surface area (Å²) in [7, 11) is 0. The molecule has 0 radical (unpaired) electrons. The summed E-state index contributed by atoms with van der Waals surface area (Å²) < 4.78 is 0. The molecule has 1 fully saturated rings. The minimum Gasteiger partial charge on any atom is -0.370 e. The van der Waals surface area contributed by atoms with Gasteiger partial charge in [0.25, 0.3) is 0 Å². The predicted molar refractivity (Wildman–Crippen MR) is 62.4 cm³/mol. The van der Waals surface area contributed by atoms with Crippen LogP contribution in [0.2, 0.25) is 0 Å². The lowest BCUT2D eigenvalue weighted by Crippen LogP contribution is -2.44. The molecular formula is C12H24N2O. The molecule has 1 aliphatic carbocycles. The first-order valence-corrected chi connectivity index (χ1v) is 6.03. The number of nitrogens with one attached hydrogen (secondary N) is 1. The Balaban J connectivity index is 2.34. The Bertz CT molecular complexity index is 218. The van der Waals surface area contributed by atoms with E-state index >= 15 is 0 Å². The normalized spacial score (nSPS) is 33.7. The molecule has 0 saturated heterocycles. The monoisotopic (exact) mass is 212 g/mol. The molecule has 0 heterocycles. The topological polar surface area (TPSA) is 55.1 Å². The number of carbonyl (C=O) groups is 1. The van der Waals surface area contributed by atoms with E-state index in [1.807, 2.05) is 6.92 Å². The first-order valence-electron chi connectivity index (χ1n) is 6.03. The molecule has 1 aliphatic rings. The van der Waals surface area contributed by atoms with Gasteiger partial charge in [-0.15, -0.1) is 0 Å². The lowest BCUT2D eigenvalue weighted by molar-refractivity contribution is -0.118. The van der Waals surface area contributed by atoms with Crippen molar-refractivity contribution in [1.82, 2.24) is 5.32 Å². The zero-order valence-electron chi connectivity index (χ0n) is 10.1. The molecule has 0 aromatic carbocycles. The molecule has 15 heavy (non-hydrogen) atoms. The number of hydrogen-bond donors (Lipinski definition) is 2. The molecule has 0 aromatic rings. The summed E-state index contributed by atoms with van der Waals surface area (Å²) in [5.41, 5.74) is 5.18. The van der Waals surface area contributed by atoms with E-state index in [1.165, 1.54) is 19.3 Å². The van der Waals surface area contributed by atoms with Gasteiger partial charge in [-0.3, -0.25) is 4.79 Å². The van der Waals surface area contributed by atoms with Crippen LogP contribution in [0, 0.1) is 11.8 Å². The van der Waals surface area contributed by atoms with Crippen LogP contribution in [0.15, 0.2) is 0 Å². The van der Waals surface area contributed by atoms with Gasteiger partial charge in [0.2, 0.25) is 5.91 Å². The minimum atomic E-state index is -0.216. The van der Waals surface area contributed by atoms with Gasteiger partial charge in [-0.05, 0) is 38.0 Å². The van der Waals surface area contributed by atoms with Crippen molar-refractivity contribution in [2.24, 2.45) is 17.6 Å². The van der Waals surface area contributed by atoms with Crippen molar-refractivity contribution in [3.8, 4) is 0 Å². The first kappa shape index (κ1) is 12.5. The molecule has 3 heteroatoms. The van der Waals surface area contributed by atoms with E-state index in [0.29, 0.717) is 18.4 Å². The van der Waals surface area contributed by atoms with Crippen LogP contribution in [0.4, 0.5) is 0 Å². The fraction of sp³-hybridized carbons (Fsp3) is 0.917. The third kappa shape index (κ3) is 4.20. The summed E-state index contributed by atoms with van der Waals surface area (Å²) in [6.45, 7) is 6.65. The van der Waals surface area contributed by atoms with Crippen molar-refractivity contribution < 1.29 is 4.79 Å². The van der Waals surface area contributed by atoms with Gasteiger partial charge in [0, 0.05) is 18.5 Å². The summed E-state index contributed by atoms with van der Waals surface area (Å²) in [6, 6.07) is 0.777. The second-order valence-electron chi connectivity index (χ2n) is 5.24. The molecular weight excluding hydrogens is 188 g/mol. The van der Waals surface area contributed by atoms with Gasteiger partial charge in [-0.1, -0.05) is 13.8 Å². The summed E-state index contributed by atoms with van der Waals surface area (Å²) in [5, 5.41) is 3.52. The van der Waals surface area contributed by atoms with E-state index in [9.17, 15) is 4.79 Å². The Kier molecular flexibility index (Phi) is 4.58. The van der Waals surface area contributed by atoms with Crippen LogP contribution in [0.25, 0.3) is 0 Å². The van der Waals surface area contributed by atoms with Crippen LogP contribution in [0.3, 0.4) is 0 Å². The van der Waals surface area contributed by atoms with E-state index in [2.05, 4.69) is 19.2 Å². The average molecular weight is 212 g/mol. The molecule has 1 saturated carbocycles. The van der Waals surface area contributed by atoms with Gasteiger partial charge in [-0.25, -0.2) is 0 Å². The summed E-state index contributed by atoms with van der Waals surface area (Å²) >= 11 is 0. The highest BCUT2D eigenvalue weighted by Crippen LogP contribution is 2.28. The van der Waals surface area contributed by atoms with Gasteiger partial charge in [0.1, 0.15) is 0 Å². The third-order valence-corrected chi connectivity index (χ3v) is 3.44. The van der Waals surface area contributed by atoms with Crippen LogP contribution in [-0.2, 0) is 4.79 Å². The second kappa shape index (κ2) is 5.50. The predicted octanol–water partition coefficient (Wildman–Crippen LogP) is 1.66. The number of nitrogens with two attached hydrogens (primary N) is 1. The number of amides is 1. The molecule has 0 aromatic heterocycles. The fourth-order valence-corrected chi connectivity index (χ4v) is 2.64. The van der Waals surface area contributed by atoms with Gasteiger partial charge in [0.15, 0.2) is 0 Å².